The minimum absolute atomic E-state index is 0.0257. The van der Waals surface area contributed by atoms with Gasteiger partial charge in [0.1, 0.15) is 12.4 Å². The van der Waals surface area contributed by atoms with Gasteiger partial charge in [0.05, 0.1) is 12.2 Å². The quantitative estimate of drug-likeness (QED) is 0.715. The Labute approximate surface area is 174 Å². The normalized spacial score (nSPS) is 18.0. The molecule has 1 aliphatic carbocycles. The van der Waals surface area contributed by atoms with Crippen LogP contribution in [0.15, 0.2) is 67.0 Å². The molecule has 2 heterocycles. The first-order chi connectivity index (χ1) is 14.7. The molecule has 1 amide bonds. The summed E-state index contributed by atoms with van der Waals surface area (Å²) >= 11 is 0. The van der Waals surface area contributed by atoms with Crippen LogP contribution in [-0.4, -0.2) is 42.2 Å². The number of amides is 1. The number of carbonyl (C=O) groups is 1. The highest BCUT2D eigenvalue weighted by Gasteiger charge is 2.31. The molecule has 1 aromatic heterocycles. The standard InChI is InChI=1S/C24H22FN3O2/c25-22-13-26-10-9-20(22)23-14-28(12-11-27-23)24(29)30-15-21-18-7-3-1-5-16(18)17-6-2-4-8-19(17)21/h1-10,13,21,23,27H,11-12,14-15H2. The number of hydrogen-bond donors (Lipinski definition) is 1. The zero-order chi connectivity index (χ0) is 20.5. The summed E-state index contributed by atoms with van der Waals surface area (Å²) in [6, 6.07) is 17.9. The smallest absolute Gasteiger partial charge is 0.409 e. The average molecular weight is 403 g/mol. The molecule has 5 nitrogen and oxygen atoms in total. The summed E-state index contributed by atoms with van der Waals surface area (Å²) in [5.74, 6) is -0.345. The molecular weight excluding hydrogens is 381 g/mol. The molecule has 30 heavy (non-hydrogen) atoms. The third-order valence-corrected chi connectivity index (χ3v) is 5.95. The van der Waals surface area contributed by atoms with E-state index >= 15 is 0 Å². The highest BCUT2D eigenvalue weighted by atomic mass is 19.1. The lowest BCUT2D eigenvalue weighted by atomic mass is 9.98. The van der Waals surface area contributed by atoms with E-state index in [1.807, 2.05) is 24.3 Å². The molecule has 2 aromatic carbocycles. The van der Waals surface area contributed by atoms with Crippen molar-refractivity contribution < 1.29 is 13.9 Å². The van der Waals surface area contributed by atoms with Gasteiger partial charge < -0.3 is 15.0 Å². The third-order valence-electron chi connectivity index (χ3n) is 5.95. The number of pyridine rings is 1. The Kier molecular flexibility index (Phi) is 4.93. The van der Waals surface area contributed by atoms with Crippen molar-refractivity contribution in [2.24, 2.45) is 0 Å². The number of halogens is 1. The number of fused-ring (bicyclic) bond motifs is 3. The third kappa shape index (κ3) is 3.33. The van der Waals surface area contributed by atoms with Crippen molar-refractivity contribution in [2.75, 3.05) is 26.2 Å². The lowest BCUT2D eigenvalue weighted by Crippen LogP contribution is -2.48. The predicted octanol–water partition coefficient (Wildman–Crippen LogP) is 4.12. The Bertz CT molecular complexity index is 1040. The first-order valence-corrected chi connectivity index (χ1v) is 10.1. The monoisotopic (exact) mass is 403 g/mol. The van der Waals surface area contributed by atoms with Crippen molar-refractivity contribution in [3.8, 4) is 11.1 Å². The van der Waals surface area contributed by atoms with E-state index in [4.69, 9.17) is 4.74 Å². The Morgan fingerprint density at radius 2 is 1.77 bits per heavy atom. The number of nitrogens with zero attached hydrogens (tertiary/aromatic N) is 2. The van der Waals surface area contributed by atoms with Crippen molar-refractivity contribution in [3.05, 3.63) is 89.5 Å². The van der Waals surface area contributed by atoms with E-state index < -0.39 is 0 Å². The molecule has 1 atom stereocenters. The zero-order valence-electron chi connectivity index (χ0n) is 16.4. The molecule has 3 aromatic rings. The second-order valence-electron chi connectivity index (χ2n) is 7.65. The van der Waals surface area contributed by atoms with Gasteiger partial charge >= 0.3 is 6.09 Å². The molecule has 1 fully saturated rings. The topological polar surface area (TPSA) is 54.5 Å². The Morgan fingerprint density at radius 3 is 2.47 bits per heavy atom. The summed E-state index contributed by atoms with van der Waals surface area (Å²) in [6.45, 7) is 1.75. The zero-order valence-corrected chi connectivity index (χ0v) is 16.4. The first-order valence-electron chi connectivity index (χ1n) is 10.1. The van der Waals surface area contributed by atoms with Gasteiger partial charge in [0.2, 0.25) is 0 Å². The summed E-state index contributed by atoms with van der Waals surface area (Å²) in [6.07, 6.45) is 2.40. The highest BCUT2D eigenvalue weighted by molar-refractivity contribution is 5.79. The molecule has 2 aliphatic rings. The number of hydrogen-bond acceptors (Lipinski definition) is 4. The van der Waals surface area contributed by atoms with Gasteiger partial charge in [0, 0.05) is 37.3 Å². The van der Waals surface area contributed by atoms with Crippen molar-refractivity contribution in [3.63, 3.8) is 0 Å². The average Bonchev–Trinajstić information content (AvgIpc) is 3.12. The predicted molar refractivity (Wildman–Crippen MR) is 112 cm³/mol. The molecule has 5 rings (SSSR count). The molecule has 0 spiro atoms. The van der Waals surface area contributed by atoms with Crippen LogP contribution in [0.4, 0.5) is 9.18 Å². The number of carbonyl (C=O) groups excluding carboxylic acids is 1. The summed E-state index contributed by atoms with van der Waals surface area (Å²) < 4.78 is 19.8. The van der Waals surface area contributed by atoms with E-state index in [-0.39, 0.29) is 30.5 Å². The fraction of sp³-hybridized carbons (Fsp3) is 0.250. The summed E-state index contributed by atoms with van der Waals surface area (Å²) in [4.78, 5) is 18.3. The largest absolute Gasteiger partial charge is 0.448 e. The molecule has 1 unspecified atom stereocenters. The van der Waals surface area contributed by atoms with Crippen LogP contribution in [0.2, 0.25) is 0 Å². The van der Waals surface area contributed by atoms with Gasteiger partial charge in [-0.3, -0.25) is 4.98 Å². The van der Waals surface area contributed by atoms with Crippen LogP contribution in [0.3, 0.4) is 0 Å². The number of ether oxygens (including phenoxy) is 1. The lowest BCUT2D eigenvalue weighted by molar-refractivity contribution is 0.0880. The molecule has 152 valence electrons. The van der Waals surface area contributed by atoms with Crippen LogP contribution in [0, 0.1) is 5.82 Å². The lowest BCUT2D eigenvalue weighted by Gasteiger charge is -2.33. The van der Waals surface area contributed by atoms with E-state index in [2.05, 4.69) is 34.6 Å². The van der Waals surface area contributed by atoms with Crippen molar-refractivity contribution in [2.45, 2.75) is 12.0 Å². The van der Waals surface area contributed by atoms with E-state index in [0.717, 1.165) is 0 Å². The maximum absolute atomic E-state index is 14.1. The van der Waals surface area contributed by atoms with Gasteiger partial charge in [-0.15, -0.1) is 0 Å². The summed E-state index contributed by atoms with van der Waals surface area (Å²) in [5, 5.41) is 3.27. The van der Waals surface area contributed by atoms with Crippen molar-refractivity contribution >= 4 is 6.09 Å². The van der Waals surface area contributed by atoms with Gasteiger partial charge in [-0.2, -0.15) is 0 Å². The van der Waals surface area contributed by atoms with Crippen LogP contribution in [0.5, 0.6) is 0 Å². The van der Waals surface area contributed by atoms with Gasteiger partial charge in [-0.1, -0.05) is 48.5 Å². The Hall–Kier alpha value is -3.25. The maximum atomic E-state index is 14.1. The number of piperazine rings is 1. The number of aromatic nitrogens is 1. The summed E-state index contributed by atoms with van der Waals surface area (Å²) in [7, 11) is 0. The van der Waals surface area contributed by atoms with Crippen LogP contribution >= 0.6 is 0 Å². The molecule has 6 heteroatoms. The molecule has 1 N–H and O–H groups in total. The first kappa shape index (κ1) is 18.8. The number of nitrogens with one attached hydrogen (secondary N) is 1. The SMILES string of the molecule is O=C(OCC1c2ccccc2-c2ccccc21)N1CCNC(c2ccncc2F)C1. The molecule has 0 saturated carbocycles. The van der Waals surface area contributed by atoms with E-state index in [1.165, 1.54) is 28.5 Å². The summed E-state index contributed by atoms with van der Waals surface area (Å²) in [5.41, 5.74) is 5.28. The highest BCUT2D eigenvalue weighted by Crippen LogP contribution is 2.44. The second kappa shape index (κ2) is 7.88. The fourth-order valence-corrected chi connectivity index (χ4v) is 4.48. The maximum Gasteiger partial charge on any atom is 0.409 e. The van der Waals surface area contributed by atoms with Crippen LogP contribution < -0.4 is 5.32 Å². The number of benzene rings is 2. The van der Waals surface area contributed by atoms with Crippen molar-refractivity contribution in [1.82, 2.24) is 15.2 Å². The number of rotatable bonds is 3. The van der Waals surface area contributed by atoms with Crippen molar-refractivity contribution in [1.29, 1.82) is 0 Å². The van der Waals surface area contributed by atoms with Gasteiger partial charge in [0.15, 0.2) is 0 Å². The van der Waals surface area contributed by atoms with Gasteiger partial charge in [-0.25, -0.2) is 9.18 Å². The molecule has 1 saturated heterocycles. The van der Waals surface area contributed by atoms with Crippen LogP contribution in [0.1, 0.15) is 28.7 Å². The van der Waals surface area contributed by atoms with E-state index in [1.54, 1.807) is 17.2 Å². The van der Waals surface area contributed by atoms with Crippen LogP contribution in [-0.2, 0) is 4.74 Å². The van der Waals surface area contributed by atoms with E-state index in [0.29, 0.717) is 25.2 Å². The van der Waals surface area contributed by atoms with Gasteiger partial charge in [-0.05, 0) is 28.3 Å². The Balaban J connectivity index is 1.29. The second-order valence-corrected chi connectivity index (χ2v) is 7.65. The van der Waals surface area contributed by atoms with Gasteiger partial charge in [0.25, 0.3) is 0 Å². The van der Waals surface area contributed by atoms with E-state index in [9.17, 15) is 9.18 Å². The molecule has 1 aliphatic heterocycles. The van der Waals surface area contributed by atoms with Crippen LogP contribution in [0.25, 0.3) is 11.1 Å². The minimum Gasteiger partial charge on any atom is -0.448 e. The molecular formula is C24H22FN3O2. The Morgan fingerprint density at radius 1 is 1.07 bits per heavy atom. The molecule has 0 bridgehead atoms. The fourth-order valence-electron chi connectivity index (χ4n) is 4.48. The molecule has 0 radical (unpaired) electrons. The minimum atomic E-state index is -0.371.